The maximum Gasteiger partial charge on any atom is 0.416 e. The van der Waals surface area contributed by atoms with Gasteiger partial charge in [0, 0.05) is 36.1 Å². The van der Waals surface area contributed by atoms with E-state index in [-0.39, 0.29) is 5.56 Å². The highest BCUT2D eigenvalue weighted by Crippen LogP contribution is 2.33. The number of aromatic nitrogens is 2. The van der Waals surface area contributed by atoms with E-state index in [0.717, 1.165) is 54.9 Å². The summed E-state index contributed by atoms with van der Waals surface area (Å²) in [7, 11) is 1.82. The number of hydrogen-bond donors (Lipinski definition) is 2. The standard InChI is InChI=1S/C25H27F3N4O2/c1-32-22(11-14-30-32)21-16-20(9-10-23(21)34-15-12-19-4-2-3-13-29-19)31-24(33)17-5-7-18(8-6-17)25(26,27)28/h5-11,14,16,19,29H,2-4,12-13,15H2,1H3,(H,31,33). The Morgan fingerprint density at radius 1 is 1.18 bits per heavy atom. The smallest absolute Gasteiger partial charge is 0.416 e. The highest BCUT2D eigenvalue weighted by Gasteiger charge is 2.30. The van der Waals surface area contributed by atoms with E-state index in [4.69, 9.17) is 4.74 Å². The van der Waals surface area contributed by atoms with Gasteiger partial charge < -0.3 is 15.4 Å². The first-order valence-corrected chi connectivity index (χ1v) is 11.3. The number of nitrogens with zero attached hydrogens (tertiary/aromatic N) is 2. The van der Waals surface area contributed by atoms with Crippen LogP contribution in [0.1, 0.15) is 41.6 Å². The number of rotatable bonds is 7. The molecule has 0 radical (unpaired) electrons. The van der Waals surface area contributed by atoms with Gasteiger partial charge in [0.15, 0.2) is 0 Å². The number of ether oxygens (including phenoxy) is 1. The van der Waals surface area contributed by atoms with Crippen LogP contribution in [0.3, 0.4) is 0 Å². The predicted octanol–water partition coefficient (Wildman–Crippen LogP) is 5.27. The third kappa shape index (κ3) is 5.77. The fourth-order valence-electron chi connectivity index (χ4n) is 4.07. The molecule has 2 aromatic carbocycles. The second kappa shape index (κ2) is 10.3. The molecule has 2 heterocycles. The van der Waals surface area contributed by atoms with E-state index in [2.05, 4.69) is 15.7 Å². The largest absolute Gasteiger partial charge is 0.493 e. The molecule has 34 heavy (non-hydrogen) atoms. The van der Waals surface area contributed by atoms with Crippen LogP contribution in [-0.2, 0) is 13.2 Å². The minimum atomic E-state index is -4.45. The van der Waals surface area contributed by atoms with Gasteiger partial charge in [-0.15, -0.1) is 0 Å². The van der Waals surface area contributed by atoms with Crippen molar-refractivity contribution >= 4 is 11.6 Å². The summed E-state index contributed by atoms with van der Waals surface area (Å²) in [5.74, 6) is 0.175. The number of hydrogen-bond acceptors (Lipinski definition) is 4. The van der Waals surface area contributed by atoms with Crippen molar-refractivity contribution in [1.29, 1.82) is 0 Å². The van der Waals surface area contributed by atoms with E-state index in [1.54, 1.807) is 29.1 Å². The Morgan fingerprint density at radius 3 is 2.62 bits per heavy atom. The average molecular weight is 473 g/mol. The van der Waals surface area contributed by atoms with Crippen molar-refractivity contribution < 1.29 is 22.7 Å². The first-order chi connectivity index (χ1) is 16.3. The van der Waals surface area contributed by atoms with Crippen molar-refractivity contribution in [3.8, 4) is 17.0 Å². The Hall–Kier alpha value is -3.33. The van der Waals surface area contributed by atoms with Crippen LogP contribution in [-0.4, -0.2) is 34.9 Å². The van der Waals surface area contributed by atoms with Crippen molar-refractivity contribution in [2.75, 3.05) is 18.5 Å². The zero-order chi connectivity index (χ0) is 24.1. The van der Waals surface area contributed by atoms with Gasteiger partial charge in [0.25, 0.3) is 5.91 Å². The van der Waals surface area contributed by atoms with Crippen LogP contribution in [0.4, 0.5) is 18.9 Å². The zero-order valence-electron chi connectivity index (χ0n) is 18.9. The molecule has 0 aliphatic carbocycles. The van der Waals surface area contributed by atoms with Gasteiger partial charge in [-0.1, -0.05) is 6.42 Å². The molecule has 1 amide bonds. The molecule has 4 rings (SSSR count). The molecule has 0 saturated carbocycles. The Kier molecular flexibility index (Phi) is 7.21. The van der Waals surface area contributed by atoms with E-state index in [9.17, 15) is 18.0 Å². The first kappa shape index (κ1) is 23.8. The summed E-state index contributed by atoms with van der Waals surface area (Å²) < 4.78 is 46.2. The molecule has 1 aromatic heterocycles. The van der Waals surface area contributed by atoms with E-state index >= 15 is 0 Å². The van der Waals surface area contributed by atoms with Crippen molar-refractivity contribution in [3.63, 3.8) is 0 Å². The van der Waals surface area contributed by atoms with Gasteiger partial charge in [-0.05, 0) is 74.3 Å². The van der Waals surface area contributed by atoms with Gasteiger partial charge in [-0.3, -0.25) is 9.48 Å². The van der Waals surface area contributed by atoms with Gasteiger partial charge >= 0.3 is 6.18 Å². The van der Waals surface area contributed by atoms with Gasteiger partial charge in [-0.2, -0.15) is 18.3 Å². The van der Waals surface area contributed by atoms with Crippen molar-refractivity contribution in [3.05, 3.63) is 65.9 Å². The third-order valence-corrected chi connectivity index (χ3v) is 5.94. The number of alkyl halides is 3. The summed E-state index contributed by atoms with van der Waals surface area (Å²) in [4.78, 5) is 12.6. The molecule has 0 spiro atoms. The quantitative estimate of drug-likeness (QED) is 0.492. The summed E-state index contributed by atoms with van der Waals surface area (Å²) >= 11 is 0. The number of aryl methyl sites for hydroxylation is 1. The summed E-state index contributed by atoms with van der Waals surface area (Å²) in [5, 5.41) is 10.5. The second-order valence-corrected chi connectivity index (χ2v) is 8.36. The van der Waals surface area contributed by atoms with Crippen molar-refractivity contribution in [2.24, 2.45) is 7.05 Å². The second-order valence-electron chi connectivity index (χ2n) is 8.36. The van der Waals surface area contributed by atoms with E-state index in [1.165, 1.54) is 12.8 Å². The first-order valence-electron chi connectivity index (χ1n) is 11.3. The summed E-state index contributed by atoms with van der Waals surface area (Å²) in [6.07, 6.45) is 1.71. The van der Waals surface area contributed by atoms with E-state index in [1.807, 2.05) is 13.1 Å². The van der Waals surface area contributed by atoms with Crippen LogP contribution in [0.15, 0.2) is 54.7 Å². The minimum Gasteiger partial charge on any atom is -0.493 e. The number of piperidine rings is 1. The van der Waals surface area contributed by atoms with Crippen LogP contribution in [0, 0.1) is 0 Å². The highest BCUT2D eigenvalue weighted by atomic mass is 19.4. The number of nitrogens with one attached hydrogen (secondary N) is 2. The SMILES string of the molecule is Cn1nccc1-c1cc(NC(=O)c2ccc(C(F)(F)F)cc2)ccc1OCCC1CCCCN1. The lowest BCUT2D eigenvalue weighted by atomic mass is 10.0. The highest BCUT2D eigenvalue weighted by molar-refractivity contribution is 6.04. The fourth-order valence-corrected chi connectivity index (χ4v) is 4.07. The Morgan fingerprint density at radius 2 is 1.97 bits per heavy atom. The number of anilines is 1. The van der Waals surface area contributed by atoms with Crippen molar-refractivity contribution in [2.45, 2.75) is 37.9 Å². The van der Waals surface area contributed by atoms with Crippen LogP contribution < -0.4 is 15.4 Å². The normalized spacial score (nSPS) is 16.3. The molecule has 1 fully saturated rings. The van der Waals surface area contributed by atoms with Crippen LogP contribution in [0.5, 0.6) is 5.75 Å². The summed E-state index contributed by atoms with van der Waals surface area (Å²) in [6, 6.07) is 11.7. The topological polar surface area (TPSA) is 68.2 Å². The predicted molar refractivity (Wildman–Crippen MR) is 124 cm³/mol. The van der Waals surface area contributed by atoms with Crippen molar-refractivity contribution in [1.82, 2.24) is 15.1 Å². The molecule has 1 atom stereocenters. The minimum absolute atomic E-state index is 0.135. The summed E-state index contributed by atoms with van der Waals surface area (Å²) in [5.41, 5.74) is 1.42. The average Bonchev–Trinajstić information content (AvgIpc) is 3.25. The van der Waals surface area contributed by atoms with Gasteiger partial charge in [0.05, 0.1) is 17.9 Å². The maximum absolute atomic E-state index is 12.8. The van der Waals surface area contributed by atoms with E-state index < -0.39 is 17.6 Å². The van der Waals surface area contributed by atoms with Crippen LogP contribution in [0.2, 0.25) is 0 Å². The zero-order valence-corrected chi connectivity index (χ0v) is 18.9. The number of halogens is 3. The molecule has 9 heteroatoms. The molecule has 3 aromatic rings. The Balaban J connectivity index is 1.49. The third-order valence-electron chi connectivity index (χ3n) is 5.94. The number of benzene rings is 2. The molecule has 1 saturated heterocycles. The molecular formula is C25H27F3N4O2. The number of amides is 1. The molecule has 6 nitrogen and oxygen atoms in total. The van der Waals surface area contributed by atoms with Gasteiger partial charge in [0.1, 0.15) is 5.75 Å². The van der Waals surface area contributed by atoms with Crippen LogP contribution in [0.25, 0.3) is 11.3 Å². The fraction of sp³-hybridized carbons (Fsp3) is 0.360. The van der Waals surface area contributed by atoms with E-state index in [0.29, 0.717) is 24.1 Å². The molecular weight excluding hydrogens is 445 g/mol. The molecule has 1 aliphatic rings. The lowest BCUT2D eigenvalue weighted by Gasteiger charge is -2.23. The lowest BCUT2D eigenvalue weighted by molar-refractivity contribution is -0.137. The molecule has 1 aliphatic heterocycles. The molecule has 180 valence electrons. The van der Waals surface area contributed by atoms with Crippen LogP contribution >= 0.6 is 0 Å². The Bertz CT molecular complexity index is 1120. The maximum atomic E-state index is 12.8. The lowest BCUT2D eigenvalue weighted by Crippen LogP contribution is -2.35. The Labute approximate surface area is 196 Å². The van der Waals surface area contributed by atoms with Gasteiger partial charge in [0.2, 0.25) is 0 Å². The monoisotopic (exact) mass is 472 g/mol. The summed E-state index contributed by atoms with van der Waals surface area (Å²) in [6.45, 7) is 1.60. The molecule has 1 unspecified atom stereocenters. The molecule has 0 bridgehead atoms. The molecule has 2 N–H and O–H groups in total. The van der Waals surface area contributed by atoms with Gasteiger partial charge in [-0.25, -0.2) is 0 Å². The number of carbonyl (C=O) groups is 1. The number of carbonyl (C=O) groups excluding carboxylic acids is 1.